The first-order valence-electron chi connectivity index (χ1n) is 13.1. The van der Waals surface area contributed by atoms with E-state index in [1.807, 2.05) is 27.7 Å². The fraction of sp³-hybridized carbons (Fsp3) is 0.333. The van der Waals surface area contributed by atoms with Gasteiger partial charge in [0, 0.05) is 17.6 Å². The predicted octanol–water partition coefficient (Wildman–Crippen LogP) is 5.18. The van der Waals surface area contributed by atoms with Crippen LogP contribution in [-0.4, -0.2) is 50.4 Å². The summed E-state index contributed by atoms with van der Waals surface area (Å²) in [5.74, 6) is -0.317. The Hall–Kier alpha value is -3.56. The molecule has 0 spiro atoms. The summed E-state index contributed by atoms with van der Waals surface area (Å²) in [6.45, 7) is 8.99. The number of hydrogen-bond acceptors (Lipinski definition) is 5. The van der Waals surface area contributed by atoms with Gasteiger partial charge >= 0.3 is 0 Å². The number of hydrogen-bond donors (Lipinski definition) is 1. The van der Waals surface area contributed by atoms with Crippen molar-refractivity contribution in [1.29, 1.82) is 0 Å². The second-order valence-corrected chi connectivity index (χ2v) is 12.0. The van der Waals surface area contributed by atoms with Crippen LogP contribution in [0.4, 0.5) is 5.69 Å². The number of aryl methyl sites for hydroxylation is 1. The summed E-state index contributed by atoms with van der Waals surface area (Å²) in [4.78, 5) is 28.3. The number of nitrogens with zero attached hydrogens (tertiary/aromatic N) is 2. The molecule has 1 atom stereocenters. The molecule has 0 radical (unpaired) electrons. The maximum atomic E-state index is 13.9. The first-order chi connectivity index (χ1) is 18.9. The minimum absolute atomic E-state index is 0.0479. The van der Waals surface area contributed by atoms with Gasteiger partial charge in [-0.05, 0) is 88.7 Å². The van der Waals surface area contributed by atoms with Gasteiger partial charge in [-0.2, -0.15) is 0 Å². The van der Waals surface area contributed by atoms with Gasteiger partial charge in [-0.15, -0.1) is 0 Å². The zero-order chi connectivity index (χ0) is 29.4. The van der Waals surface area contributed by atoms with Crippen molar-refractivity contribution < 1.29 is 22.7 Å². The minimum Gasteiger partial charge on any atom is -0.494 e. The Labute approximate surface area is 241 Å². The van der Waals surface area contributed by atoms with E-state index in [-0.39, 0.29) is 23.4 Å². The molecule has 0 fully saturated rings. The lowest BCUT2D eigenvalue weighted by Gasteiger charge is -2.32. The summed E-state index contributed by atoms with van der Waals surface area (Å²) in [5, 5.41) is 3.32. The van der Waals surface area contributed by atoms with Crippen molar-refractivity contribution in [2.75, 3.05) is 17.5 Å². The Morgan fingerprint density at radius 2 is 1.62 bits per heavy atom. The van der Waals surface area contributed by atoms with E-state index in [1.54, 1.807) is 67.6 Å². The molecule has 3 aromatic carbocycles. The lowest BCUT2D eigenvalue weighted by Crippen LogP contribution is -2.52. The highest BCUT2D eigenvalue weighted by molar-refractivity contribution is 7.92. The molecule has 0 bridgehead atoms. The second-order valence-electron chi connectivity index (χ2n) is 9.74. The van der Waals surface area contributed by atoms with Crippen LogP contribution in [0, 0.1) is 6.92 Å². The first-order valence-corrected chi connectivity index (χ1v) is 14.9. The van der Waals surface area contributed by atoms with Crippen molar-refractivity contribution in [3.05, 3.63) is 88.9 Å². The molecule has 1 N–H and O–H groups in total. The number of ether oxygens (including phenoxy) is 1. The van der Waals surface area contributed by atoms with E-state index in [4.69, 9.17) is 16.3 Å². The van der Waals surface area contributed by atoms with Crippen molar-refractivity contribution in [3.8, 4) is 5.75 Å². The van der Waals surface area contributed by atoms with Gasteiger partial charge in [0.15, 0.2) is 0 Å². The highest BCUT2D eigenvalue weighted by atomic mass is 35.5. The van der Waals surface area contributed by atoms with E-state index < -0.39 is 28.5 Å². The van der Waals surface area contributed by atoms with Crippen LogP contribution in [0.25, 0.3) is 0 Å². The molecule has 3 aromatic rings. The Kier molecular flexibility index (Phi) is 10.6. The van der Waals surface area contributed by atoms with Gasteiger partial charge < -0.3 is 15.0 Å². The molecule has 8 nitrogen and oxygen atoms in total. The number of anilines is 1. The highest BCUT2D eigenvalue weighted by Gasteiger charge is 2.32. The van der Waals surface area contributed by atoms with Crippen molar-refractivity contribution >= 4 is 39.1 Å². The molecule has 0 saturated carbocycles. The minimum atomic E-state index is -4.15. The molecular formula is C30H36ClN3O5S. The average Bonchev–Trinajstić information content (AvgIpc) is 2.90. The van der Waals surface area contributed by atoms with Crippen LogP contribution >= 0.6 is 11.6 Å². The molecule has 0 aliphatic carbocycles. The summed E-state index contributed by atoms with van der Waals surface area (Å²) in [6.07, 6.45) is 0. The third-order valence-corrected chi connectivity index (χ3v) is 8.19. The first kappa shape index (κ1) is 31.0. The normalized spacial score (nSPS) is 12.1. The smallest absolute Gasteiger partial charge is 0.264 e. The van der Waals surface area contributed by atoms with E-state index >= 15 is 0 Å². The maximum absolute atomic E-state index is 13.9. The Morgan fingerprint density at radius 3 is 2.20 bits per heavy atom. The van der Waals surface area contributed by atoms with Crippen molar-refractivity contribution in [2.24, 2.45) is 0 Å². The molecule has 0 aliphatic heterocycles. The number of sulfonamides is 1. The average molecular weight is 586 g/mol. The van der Waals surface area contributed by atoms with Gasteiger partial charge in [0.2, 0.25) is 11.8 Å². The second kappa shape index (κ2) is 13.7. The molecule has 0 aromatic heterocycles. The largest absolute Gasteiger partial charge is 0.494 e. The van der Waals surface area contributed by atoms with E-state index in [0.717, 1.165) is 9.87 Å². The number of amides is 2. The molecule has 3 rings (SSSR count). The molecule has 214 valence electrons. The molecule has 2 amide bonds. The highest BCUT2D eigenvalue weighted by Crippen LogP contribution is 2.27. The third kappa shape index (κ3) is 7.99. The summed E-state index contributed by atoms with van der Waals surface area (Å²) >= 11 is 6.18. The number of benzene rings is 3. The van der Waals surface area contributed by atoms with Crippen LogP contribution in [0.1, 0.15) is 38.8 Å². The summed E-state index contributed by atoms with van der Waals surface area (Å²) < 4.78 is 34.4. The molecule has 0 heterocycles. The molecule has 1 unspecified atom stereocenters. The van der Waals surface area contributed by atoms with Gasteiger partial charge in [0.05, 0.1) is 17.2 Å². The number of nitrogens with one attached hydrogen (secondary N) is 1. The lowest BCUT2D eigenvalue weighted by atomic mass is 10.1. The van der Waals surface area contributed by atoms with Gasteiger partial charge in [0.1, 0.15) is 18.3 Å². The van der Waals surface area contributed by atoms with Crippen LogP contribution in [0.5, 0.6) is 5.75 Å². The Morgan fingerprint density at radius 1 is 0.975 bits per heavy atom. The number of rotatable bonds is 12. The van der Waals surface area contributed by atoms with Gasteiger partial charge in [-0.1, -0.05) is 41.4 Å². The van der Waals surface area contributed by atoms with E-state index in [9.17, 15) is 18.0 Å². The number of halogens is 1. The summed E-state index contributed by atoms with van der Waals surface area (Å²) in [7, 11) is -4.15. The third-order valence-electron chi connectivity index (χ3n) is 6.16. The van der Waals surface area contributed by atoms with Crippen LogP contribution in [0.2, 0.25) is 5.02 Å². The Balaban J connectivity index is 2.03. The molecule has 0 aliphatic rings. The maximum Gasteiger partial charge on any atom is 0.264 e. The zero-order valence-electron chi connectivity index (χ0n) is 23.4. The lowest BCUT2D eigenvalue weighted by molar-refractivity contribution is -0.139. The van der Waals surface area contributed by atoms with Crippen molar-refractivity contribution in [3.63, 3.8) is 0 Å². The summed E-state index contributed by atoms with van der Waals surface area (Å²) in [5.41, 5.74) is 1.90. The van der Waals surface area contributed by atoms with Crippen molar-refractivity contribution in [1.82, 2.24) is 10.2 Å². The quantitative estimate of drug-likeness (QED) is 0.316. The van der Waals surface area contributed by atoms with E-state index in [2.05, 4.69) is 5.32 Å². The predicted molar refractivity (Wildman–Crippen MR) is 158 cm³/mol. The fourth-order valence-corrected chi connectivity index (χ4v) is 5.69. The van der Waals surface area contributed by atoms with Gasteiger partial charge in [-0.3, -0.25) is 13.9 Å². The van der Waals surface area contributed by atoms with E-state index in [1.165, 1.54) is 17.0 Å². The zero-order valence-corrected chi connectivity index (χ0v) is 25.0. The molecule has 0 saturated heterocycles. The van der Waals surface area contributed by atoms with E-state index in [0.29, 0.717) is 28.6 Å². The summed E-state index contributed by atoms with van der Waals surface area (Å²) in [6, 6.07) is 18.9. The molecule has 40 heavy (non-hydrogen) atoms. The van der Waals surface area contributed by atoms with Crippen LogP contribution < -0.4 is 14.4 Å². The SMILES string of the molecule is CCOc1ccc(N(CC(=O)N(Cc2cccc(Cl)c2)C(C)C(=O)NC(C)C)S(=O)(=O)c2ccc(C)cc2)cc1. The monoisotopic (exact) mass is 585 g/mol. The Bertz CT molecular complexity index is 1410. The molecule has 10 heteroatoms. The fourth-order valence-electron chi connectivity index (χ4n) is 4.06. The van der Waals surface area contributed by atoms with Crippen LogP contribution in [0.3, 0.4) is 0 Å². The van der Waals surface area contributed by atoms with Gasteiger partial charge in [-0.25, -0.2) is 8.42 Å². The van der Waals surface area contributed by atoms with Crippen molar-refractivity contribution in [2.45, 2.75) is 58.1 Å². The topological polar surface area (TPSA) is 96.0 Å². The van der Waals surface area contributed by atoms with Crippen LogP contribution in [0.15, 0.2) is 77.7 Å². The number of carbonyl (C=O) groups is 2. The molecular weight excluding hydrogens is 550 g/mol. The number of carbonyl (C=O) groups excluding carboxylic acids is 2. The van der Waals surface area contributed by atoms with Crippen LogP contribution in [-0.2, 0) is 26.2 Å². The van der Waals surface area contributed by atoms with Gasteiger partial charge in [0.25, 0.3) is 10.0 Å². The standard InChI is InChI=1S/C30H36ClN3O5S/c1-6-39-27-14-12-26(13-15-27)34(40(37,38)28-16-10-22(4)11-17-28)20-29(35)33(23(5)30(36)32-21(2)3)19-24-8-7-9-25(31)18-24/h7-18,21,23H,6,19-20H2,1-5H3,(H,32,36).